The fourth-order valence-corrected chi connectivity index (χ4v) is 5.60. The molecule has 1 saturated heterocycles. The van der Waals surface area contributed by atoms with Crippen LogP contribution >= 0.6 is 0 Å². The molecule has 2 aromatic carbocycles. The van der Waals surface area contributed by atoms with Crippen LogP contribution in [-0.2, 0) is 22.2 Å². The molecule has 0 aromatic heterocycles. The van der Waals surface area contributed by atoms with Gasteiger partial charge in [0.2, 0.25) is 10.0 Å². The molecule has 2 aromatic rings. The molecule has 0 N–H and O–H groups in total. The maximum atomic E-state index is 12.7. The van der Waals surface area contributed by atoms with Gasteiger partial charge in [-0.25, -0.2) is 8.42 Å². The van der Waals surface area contributed by atoms with E-state index in [0.29, 0.717) is 19.1 Å². The normalized spacial score (nSPS) is 22.0. The lowest BCUT2D eigenvalue weighted by atomic mass is 10.1. The van der Waals surface area contributed by atoms with Gasteiger partial charge in [-0.1, -0.05) is 54.6 Å². The SMILES string of the molecule is O=S(=O)(Cc1ccccc1)N1CCN(C2CCc3ccccc32)CC1. The monoisotopic (exact) mass is 356 g/mol. The fourth-order valence-electron chi connectivity index (χ4n) is 4.08. The maximum Gasteiger partial charge on any atom is 0.218 e. The molecule has 1 fully saturated rings. The van der Waals surface area contributed by atoms with E-state index >= 15 is 0 Å². The number of nitrogens with zero attached hydrogens (tertiary/aromatic N) is 2. The number of piperazine rings is 1. The molecule has 25 heavy (non-hydrogen) atoms. The highest BCUT2D eigenvalue weighted by Crippen LogP contribution is 2.36. The number of fused-ring (bicyclic) bond motifs is 1. The van der Waals surface area contributed by atoms with Crippen LogP contribution in [0.25, 0.3) is 0 Å². The Morgan fingerprint density at radius 3 is 2.32 bits per heavy atom. The molecule has 1 atom stereocenters. The van der Waals surface area contributed by atoms with E-state index in [2.05, 4.69) is 29.2 Å². The third kappa shape index (κ3) is 3.50. The second-order valence-electron chi connectivity index (χ2n) is 6.93. The lowest BCUT2D eigenvalue weighted by molar-refractivity contribution is 0.136. The first-order valence-corrected chi connectivity index (χ1v) is 10.6. The number of rotatable bonds is 4. The van der Waals surface area contributed by atoms with Gasteiger partial charge in [0, 0.05) is 32.2 Å². The van der Waals surface area contributed by atoms with Gasteiger partial charge in [-0.15, -0.1) is 0 Å². The van der Waals surface area contributed by atoms with E-state index in [1.807, 2.05) is 30.3 Å². The Hall–Kier alpha value is -1.69. The molecule has 2 aliphatic rings. The van der Waals surface area contributed by atoms with Crippen molar-refractivity contribution in [2.24, 2.45) is 0 Å². The summed E-state index contributed by atoms with van der Waals surface area (Å²) in [6.45, 7) is 2.81. The maximum absolute atomic E-state index is 12.7. The molecular weight excluding hydrogens is 332 g/mol. The van der Waals surface area contributed by atoms with Crippen LogP contribution in [0.3, 0.4) is 0 Å². The molecule has 1 heterocycles. The average molecular weight is 356 g/mol. The molecule has 4 rings (SSSR count). The van der Waals surface area contributed by atoms with Crippen molar-refractivity contribution >= 4 is 10.0 Å². The number of sulfonamides is 1. The summed E-state index contributed by atoms with van der Waals surface area (Å²) < 4.78 is 27.0. The second-order valence-corrected chi connectivity index (χ2v) is 8.90. The summed E-state index contributed by atoms with van der Waals surface area (Å²) in [5.41, 5.74) is 3.74. The van der Waals surface area contributed by atoms with E-state index in [1.54, 1.807) is 4.31 Å². The van der Waals surface area contributed by atoms with E-state index < -0.39 is 10.0 Å². The van der Waals surface area contributed by atoms with Crippen LogP contribution < -0.4 is 0 Å². The zero-order chi connectivity index (χ0) is 17.3. The van der Waals surface area contributed by atoms with Crippen molar-refractivity contribution in [3.63, 3.8) is 0 Å². The van der Waals surface area contributed by atoms with E-state index in [0.717, 1.165) is 31.5 Å². The van der Waals surface area contributed by atoms with Crippen molar-refractivity contribution in [3.05, 3.63) is 71.3 Å². The molecule has 4 nitrogen and oxygen atoms in total. The Morgan fingerprint density at radius 2 is 1.56 bits per heavy atom. The Bertz CT molecular complexity index is 828. The number of hydrogen-bond acceptors (Lipinski definition) is 3. The fraction of sp³-hybridized carbons (Fsp3) is 0.400. The van der Waals surface area contributed by atoms with Gasteiger partial charge in [0.25, 0.3) is 0 Å². The largest absolute Gasteiger partial charge is 0.294 e. The number of benzene rings is 2. The van der Waals surface area contributed by atoms with Gasteiger partial charge in [0.1, 0.15) is 0 Å². The first-order valence-electron chi connectivity index (χ1n) is 8.97. The van der Waals surface area contributed by atoms with Crippen molar-refractivity contribution < 1.29 is 8.42 Å². The van der Waals surface area contributed by atoms with Crippen LogP contribution in [0.2, 0.25) is 0 Å². The average Bonchev–Trinajstić information content (AvgIpc) is 3.06. The lowest BCUT2D eigenvalue weighted by Crippen LogP contribution is -2.49. The minimum atomic E-state index is -3.24. The van der Waals surface area contributed by atoms with Gasteiger partial charge >= 0.3 is 0 Å². The van der Waals surface area contributed by atoms with Crippen molar-refractivity contribution in [2.75, 3.05) is 26.2 Å². The Morgan fingerprint density at radius 1 is 0.880 bits per heavy atom. The minimum absolute atomic E-state index is 0.0973. The van der Waals surface area contributed by atoms with Crippen molar-refractivity contribution in [1.82, 2.24) is 9.21 Å². The van der Waals surface area contributed by atoms with Gasteiger partial charge in [0.15, 0.2) is 0 Å². The number of hydrogen-bond donors (Lipinski definition) is 0. The Labute approximate surface area is 150 Å². The standard InChI is InChI=1S/C20H24N2O2S/c23-25(24,16-17-6-2-1-3-7-17)22-14-12-21(13-15-22)20-11-10-18-8-4-5-9-19(18)20/h1-9,20H,10-16H2. The van der Waals surface area contributed by atoms with Crippen LogP contribution in [0.5, 0.6) is 0 Å². The van der Waals surface area contributed by atoms with Gasteiger partial charge in [-0.05, 0) is 29.5 Å². The van der Waals surface area contributed by atoms with Crippen molar-refractivity contribution in [3.8, 4) is 0 Å². The highest BCUT2D eigenvalue weighted by molar-refractivity contribution is 7.88. The van der Waals surface area contributed by atoms with Crippen LogP contribution in [0.15, 0.2) is 54.6 Å². The first kappa shape index (κ1) is 16.8. The third-order valence-electron chi connectivity index (χ3n) is 5.40. The van der Waals surface area contributed by atoms with E-state index in [-0.39, 0.29) is 5.75 Å². The molecule has 132 valence electrons. The van der Waals surface area contributed by atoms with Gasteiger partial charge in [-0.2, -0.15) is 4.31 Å². The summed E-state index contributed by atoms with van der Waals surface area (Å²) in [7, 11) is -3.24. The molecule has 0 spiro atoms. The summed E-state index contributed by atoms with van der Waals surface area (Å²) in [4.78, 5) is 2.46. The van der Waals surface area contributed by atoms with Crippen molar-refractivity contribution in [1.29, 1.82) is 0 Å². The van der Waals surface area contributed by atoms with Crippen LogP contribution in [-0.4, -0.2) is 43.8 Å². The molecule has 0 bridgehead atoms. The smallest absolute Gasteiger partial charge is 0.218 e. The summed E-state index contributed by atoms with van der Waals surface area (Å²) in [6, 6.07) is 18.6. The minimum Gasteiger partial charge on any atom is -0.294 e. The first-order chi connectivity index (χ1) is 12.1. The molecule has 0 amide bonds. The summed E-state index contributed by atoms with van der Waals surface area (Å²) in [5.74, 6) is 0.0973. The van der Waals surface area contributed by atoms with Crippen molar-refractivity contribution in [2.45, 2.75) is 24.6 Å². The molecule has 0 radical (unpaired) electrons. The molecule has 1 aliphatic carbocycles. The predicted octanol–water partition coefficient (Wildman–Crippen LogP) is 2.82. The molecule has 5 heteroatoms. The second kappa shape index (κ2) is 6.90. The Balaban J connectivity index is 1.40. The number of aryl methyl sites for hydroxylation is 1. The van der Waals surface area contributed by atoms with E-state index in [4.69, 9.17) is 0 Å². The van der Waals surface area contributed by atoms with Crippen LogP contribution in [0, 0.1) is 0 Å². The summed E-state index contributed by atoms with van der Waals surface area (Å²) in [6.07, 6.45) is 2.28. The molecular formula is C20H24N2O2S. The summed E-state index contributed by atoms with van der Waals surface area (Å²) in [5, 5.41) is 0. The topological polar surface area (TPSA) is 40.6 Å². The quantitative estimate of drug-likeness (QED) is 0.846. The molecule has 1 unspecified atom stereocenters. The zero-order valence-corrected chi connectivity index (χ0v) is 15.2. The highest BCUT2D eigenvalue weighted by atomic mass is 32.2. The Kier molecular flexibility index (Phi) is 4.63. The van der Waals surface area contributed by atoms with Gasteiger partial charge in [-0.3, -0.25) is 4.90 Å². The van der Waals surface area contributed by atoms with E-state index in [9.17, 15) is 8.42 Å². The highest BCUT2D eigenvalue weighted by Gasteiger charge is 2.33. The van der Waals surface area contributed by atoms with Crippen LogP contribution in [0.1, 0.15) is 29.2 Å². The molecule has 1 aliphatic heterocycles. The lowest BCUT2D eigenvalue weighted by Gasteiger charge is -2.37. The van der Waals surface area contributed by atoms with Gasteiger partial charge in [0.05, 0.1) is 5.75 Å². The van der Waals surface area contributed by atoms with Crippen LogP contribution in [0.4, 0.5) is 0 Å². The van der Waals surface area contributed by atoms with E-state index in [1.165, 1.54) is 11.1 Å². The zero-order valence-electron chi connectivity index (χ0n) is 14.3. The molecule has 0 saturated carbocycles. The summed E-state index contributed by atoms with van der Waals surface area (Å²) >= 11 is 0. The predicted molar refractivity (Wildman–Crippen MR) is 99.7 cm³/mol. The van der Waals surface area contributed by atoms with Gasteiger partial charge < -0.3 is 0 Å². The third-order valence-corrected chi connectivity index (χ3v) is 7.25.